The van der Waals surface area contributed by atoms with Crippen LogP contribution in [0.1, 0.15) is 27.7 Å². The first kappa shape index (κ1) is 22.6. The number of aliphatic hydroxyl groups is 1. The Labute approximate surface area is 173 Å². The van der Waals surface area contributed by atoms with Crippen LogP contribution >= 0.6 is 15.9 Å². The van der Waals surface area contributed by atoms with E-state index in [2.05, 4.69) is 20.9 Å². The predicted octanol–water partition coefficient (Wildman–Crippen LogP) is 3.55. The monoisotopic (exact) mass is 471 g/mol. The molecule has 7 nitrogen and oxygen atoms in total. The maximum atomic E-state index is 13.5. The van der Waals surface area contributed by atoms with Gasteiger partial charge < -0.3 is 9.84 Å². The van der Waals surface area contributed by atoms with E-state index in [1.54, 1.807) is 46.0 Å². The smallest absolute Gasteiger partial charge is 0.411 e. The topological polar surface area (TPSA) is 96.8 Å². The number of hydrogen-bond acceptors (Lipinski definition) is 6. The summed E-state index contributed by atoms with van der Waals surface area (Å²) in [5, 5.41) is 9.23. The molecule has 0 saturated heterocycles. The molecule has 0 saturated carbocycles. The molecule has 1 amide bonds. The zero-order chi connectivity index (χ0) is 21.1. The number of carbonyl (C=O) groups excluding carboxylic acids is 1. The van der Waals surface area contributed by atoms with Crippen molar-refractivity contribution in [3.63, 3.8) is 0 Å². The number of hydrogen-bond donors (Lipinski definition) is 1. The first-order chi connectivity index (χ1) is 13.0. The van der Waals surface area contributed by atoms with Crippen LogP contribution in [0.3, 0.4) is 0 Å². The summed E-state index contributed by atoms with van der Waals surface area (Å²) in [6.07, 6.45) is 3.69. The minimum absolute atomic E-state index is 0.0638. The van der Waals surface area contributed by atoms with Gasteiger partial charge in [0, 0.05) is 34.2 Å². The summed E-state index contributed by atoms with van der Waals surface area (Å²) in [6.45, 7) is 6.04. The molecule has 1 atom stereocenters. The van der Waals surface area contributed by atoms with Gasteiger partial charge in [0.15, 0.2) is 9.84 Å². The van der Waals surface area contributed by atoms with Crippen molar-refractivity contribution < 1.29 is 23.1 Å². The maximum absolute atomic E-state index is 13.5. The van der Waals surface area contributed by atoms with Crippen LogP contribution in [0.25, 0.3) is 10.8 Å². The van der Waals surface area contributed by atoms with Crippen molar-refractivity contribution in [2.45, 2.75) is 43.6 Å². The van der Waals surface area contributed by atoms with Crippen LogP contribution in [-0.4, -0.2) is 53.6 Å². The molecule has 1 heterocycles. The Hall–Kier alpha value is -1.71. The number of ether oxygens (including phenoxy) is 1. The van der Waals surface area contributed by atoms with Crippen LogP contribution in [0.15, 0.2) is 40.0 Å². The number of amides is 1. The first-order valence-corrected chi connectivity index (χ1v) is 11.0. The quantitative estimate of drug-likeness (QED) is 0.691. The highest BCUT2D eigenvalue weighted by atomic mass is 79.9. The Kier molecular flexibility index (Phi) is 7.06. The van der Waals surface area contributed by atoms with Gasteiger partial charge in [-0.15, -0.1) is 0 Å². The van der Waals surface area contributed by atoms with Crippen molar-refractivity contribution in [3.05, 3.63) is 41.5 Å². The molecule has 0 unspecified atom stereocenters. The molecule has 9 heteroatoms. The average Bonchev–Trinajstić information content (AvgIpc) is 2.59. The number of rotatable bonds is 6. The molecule has 2 aromatic rings. The second-order valence-electron chi connectivity index (χ2n) is 7.14. The Morgan fingerprint density at radius 1 is 1.36 bits per heavy atom. The van der Waals surface area contributed by atoms with Crippen molar-refractivity contribution in [1.82, 2.24) is 9.88 Å². The van der Waals surface area contributed by atoms with E-state index in [1.807, 2.05) is 0 Å². The Balaban J connectivity index is 2.59. The number of aromatic nitrogens is 1. The molecule has 1 aromatic carbocycles. The molecular weight excluding hydrogens is 448 g/mol. The van der Waals surface area contributed by atoms with E-state index < -0.39 is 33.5 Å². The van der Waals surface area contributed by atoms with Gasteiger partial charge in [-0.3, -0.25) is 9.88 Å². The van der Waals surface area contributed by atoms with Gasteiger partial charge in [-0.05, 0) is 49.2 Å². The summed E-state index contributed by atoms with van der Waals surface area (Å²) in [5.41, 5.74) is -0.805. The lowest BCUT2D eigenvalue weighted by molar-refractivity contribution is 0.0207. The minimum atomic E-state index is -4.02. The van der Waals surface area contributed by atoms with Gasteiger partial charge in [0.2, 0.25) is 0 Å². The van der Waals surface area contributed by atoms with Crippen molar-refractivity contribution in [1.29, 1.82) is 0 Å². The normalized spacial score (nSPS) is 13.4. The van der Waals surface area contributed by atoms with Gasteiger partial charge >= 0.3 is 6.09 Å². The van der Waals surface area contributed by atoms with Crippen LogP contribution in [-0.2, 0) is 14.6 Å². The maximum Gasteiger partial charge on any atom is 0.411 e. The molecule has 0 spiro atoms. The summed E-state index contributed by atoms with van der Waals surface area (Å²) in [6, 6.07) is 4.88. The van der Waals surface area contributed by atoms with Crippen molar-refractivity contribution in [2.24, 2.45) is 0 Å². The fourth-order valence-corrected chi connectivity index (χ4v) is 5.42. The van der Waals surface area contributed by atoms with Gasteiger partial charge in [-0.25, -0.2) is 13.2 Å². The standard InChI is InChI=1S/C19H24BrN2O5S/c1-5-16(22(9-10-23)18(24)27-19(2,3)4)28(25,26)15-8-6-7-13-11-21-12-14(20)17(13)15/h5-8,11-12,16,23H,9-10H2,1-4H3/t16-/m0/s1. The van der Waals surface area contributed by atoms with Gasteiger partial charge in [0.25, 0.3) is 0 Å². The van der Waals surface area contributed by atoms with E-state index in [-0.39, 0.29) is 11.4 Å². The second-order valence-corrected chi connectivity index (χ2v) is 10.0. The molecule has 2 rings (SSSR count). The lowest BCUT2D eigenvalue weighted by atomic mass is 10.2. The third kappa shape index (κ3) is 4.82. The summed E-state index contributed by atoms with van der Waals surface area (Å²) in [7, 11) is -4.02. The van der Waals surface area contributed by atoms with E-state index in [1.165, 1.54) is 18.7 Å². The Morgan fingerprint density at radius 3 is 2.61 bits per heavy atom. The number of pyridine rings is 1. The van der Waals surface area contributed by atoms with E-state index in [9.17, 15) is 18.3 Å². The predicted molar refractivity (Wildman–Crippen MR) is 110 cm³/mol. The number of benzene rings is 1. The summed E-state index contributed by atoms with van der Waals surface area (Å²) >= 11 is 3.37. The third-order valence-corrected chi connectivity index (χ3v) is 6.60. The lowest BCUT2D eigenvalue weighted by Crippen LogP contribution is -2.48. The molecule has 28 heavy (non-hydrogen) atoms. The molecule has 0 aliphatic heterocycles. The highest BCUT2D eigenvalue weighted by Crippen LogP contribution is 2.33. The van der Waals surface area contributed by atoms with Gasteiger partial charge in [-0.2, -0.15) is 0 Å². The molecule has 0 fully saturated rings. The summed E-state index contributed by atoms with van der Waals surface area (Å²) in [5.74, 6) is 0. The first-order valence-electron chi connectivity index (χ1n) is 8.69. The van der Waals surface area contributed by atoms with Crippen LogP contribution in [0, 0.1) is 6.42 Å². The number of carbonyl (C=O) groups is 1. The number of nitrogens with zero attached hydrogens (tertiary/aromatic N) is 2. The molecule has 1 N–H and O–H groups in total. The lowest BCUT2D eigenvalue weighted by Gasteiger charge is -2.32. The average molecular weight is 472 g/mol. The number of fused-ring (bicyclic) bond motifs is 1. The molecule has 1 aromatic heterocycles. The van der Waals surface area contributed by atoms with Crippen LogP contribution in [0.4, 0.5) is 4.79 Å². The second kappa shape index (κ2) is 8.75. The zero-order valence-electron chi connectivity index (χ0n) is 16.2. The number of aliphatic hydroxyl groups excluding tert-OH is 1. The van der Waals surface area contributed by atoms with E-state index in [4.69, 9.17) is 4.74 Å². The Bertz CT molecular complexity index is 951. The van der Waals surface area contributed by atoms with Crippen LogP contribution in [0.5, 0.6) is 0 Å². The van der Waals surface area contributed by atoms with Crippen molar-refractivity contribution in [2.75, 3.05) is 13.2 Å². The van der Waals surface area contributed by atoms with Crippen molar-refractivity contribution >= 4 is 42.6 Å². The summed E-state index contributed by atoms with van der Waals surface area (Å²) < 4.78 is 32.9. The fraction of sp³-hybridized carbons (Fsp3) is 0.421. The largest absolute Gasteiger partial charge is 0.444 e. The van der Waals surface area contributed by atoms with Gasteiger partial charge in [0.1, 0.15) is 11.0 Å². The number of sulfone groups is 1. The fourth-order valence-electron chi connectivity index (χ4n) is 2.80. The molecule has 153 valence electrons. The van der Waals surface area contributed by atoms with E-state index in [0.29, 0.717) is 15.2 Å². The molecule has 1 radical (unpaired) electrons. The summed E-state index contributed by atoms with van der Waals surface area (Å²) in [4.78, 5) is 17.8. The molecule has 0 aliphatic carbocycles. The van der Waals surface area contributed by atoms with E-state index in [0.717, 1.165) is 4.90 Å². The van der Waals surface area contributed by atoms with Crippen LogP contribution < -0.4 is 0 Å². The number of halogens is 1. The minimum Gasteiger partial charge on any atom is -0.444 e. The zero-order valence-corrected chi connectivity index (χ0v) is 18.6. The SMILES string of the molecule is C[CH][C@@H](N(CCO)C(=O)OC(C)(C)C)S(=O)(=O)c1cccc2cncc(Br)c12. The van der Waals surface area contributed by atoms with Gasteiger partial charge in [-0.1, -0.05) is 19.1 Å². The van der Waals surface area contributed by atoms with Crippen molar-refractivity contribution in [3.8, 4) is 0 Å². The van der Waals surface area contributed by atoms with Gasteiger partial charge in [0.05, 0.1) is 11.5 Å². The molecule has 0 bridgehead atoms. The molecular formula is C19H24BrN2O5S. The third-order valence-electron chi connectivity index (χ3n) is 3.88. The van der Waals surface area contributed by atoms with Crippen LogP contribution in [0.2, 0.25) is 0 Å². The molecule has 0 aliphatic rings. The highest BCUT2D eigenvalue weighted by molar-refractivity contribution is 9.10. The van der Waals surface area contributed by atoms with E-state index >= 15 is 0 Å². The Morgan fingerprint density at radius 2 is 2.04 bits per heavy atom. The highest BCUT2D eigenvalue weighted by Gasteiger charge is 2.37.